The summed E-state index contributed by atoms with van der Waals surface area (Å²) in [5, 5.41) is 9.19. The molecule has 0 saturated carbocycles. The summed E-state index contributed by atoms with van der Waals surface area (Å²) >= 11 is 11.9. The summed E-state index contributed by atoms with van der Waals surface area (Å²) in [5.41, 5.74) is 0.739. The molecule has 2 rings (SSSR count). The SMILES string of the molecule is Cc1cc(OCCCO)cc(S(=O)(=O)c2cc(Cl)ccc2Cl)c1. The van der Waals surface area contributed by atoms with Crippen LogP contribution in [0.1, 0.15) is 12.0 Å². The molecule has 0 heterocycles. The fourth-order valence-corrected chi connectivity index (χ4v) is 4.15. The molecule has 0 fully saturated rings. The Kier molecular flexibility index (Phi) is 5.92. The Balaban J connectivity index is 2.45. The maximum atomic E-state index is 12.8. The van der Waals surface area contributed by atoms with E-state index in [1.807, 2.05) is 0 Å². The summed E-state index contributed by atoms with van der Waals surface area (Å²) in [4.78, 5) is 0.0410. The third-order valence-electron chi connectivity index (χ3n) is 3.09. The summed E-state index contributed by atoms with van der Waals surface area (Å²) < 4.78 is 31.1. The highest BCUT2D eigenvalue weighted by Gasteiger charge is 2.22. The molecule has 23 heavy (non-hydrogen) atoms. The molecule has 2 aromatic carbocycles. The first kappa shape index (κ1) is 18.1. The number of aliphatic hydroxyl groups is 1. The zero-order valence-electron chi connectivity index (χ0n) is 12.4. The van der Waals surface area contributed by atoms with Crippen molar-refractivity contribution in [3.63, 3.8) is 0 Å². The Hall–Kier alpha value is -1.27. The number of aliphatic hydroxyl groups excluding tert-OH is 1. The van der Waals surface area contributed by atoms with E-state index in [-0.39, 0.29) is 21.4 Å². The van der Waals surface area contributed by atoms with Crippen molar-refractivity contribution < 1.29 is 18.3 Å². The number of sulfone groups is 1. The van der Waals surface area contributed by atoms with Gasteiger partial charge in [-0.2, -0.15) is 0 Å². The molecule has 7 heteroatoms. The Morgan fingerprint density at radius 1 is 1.13 bits per heavy atom. The van der Waals surface area contributed by atoms with Gasteiger partial charge in [0.05, 0.1) is 21.4 Å². The molecule has 124 valence electrons. The highest BCUT2D eigenvalue weighted by molar-refractivity contribution is 7.91. The summed E-state index contributed by atoms with van der Waals surface area (Å²) in [5.74, 6) is 0.426. The summed E-state index contributed by atoms with van der Waals surface area (Å²) in [6.45, 7) is 2.09. The monoisotopic (exact) mass is 374 g/mol. The fourth-order valence-electron chi connectivity index (χ4n) is 2.02. The van der Waals surface area contributed by atoms with Gasteiger partial charge in [-0.15, -0.1) is 0 Å². The average molecular weight is 375 g/mol. The van der Waals surface area contributed by atoms with Crippen molar-refractivity contribution in [1.29, 1.82) is 0 Å². The van der Waals surface area contributed by atoms with Crippen LogP contribution in [-0.4, -0.2) is 26.7 Å². The summed E-state index contributed by atoms with van der Waals surface area (Å²) in [6, 6.07) is 9.03. The zero-order valence-corrected chi connectivity index (χ0v) is 14.7. The number of rotatable bonds is 6. The van der Waals surface area contributed by atoms with Crippen LogP contribution in [0.25, 0.3) is 0 Å². The van der Waals surface area contributed by atoms with Gasteiger partial charge in [0.15, 0.2) is 0 Å². The van der Waals surface area contributed by atoms with Crippen LogP contribution < -0.4 is 4.74 Å². The molecule has 0 bridgehead atoms. The number of halogens is 2. The van der Waals surface area contributed by atoms with Crippen LogP contribution in [0, 0.1) is 6.92 Å². The van der Waals surface area contributed by atoms with Crippen molar-refractivity contribution >= 4 is 33.0 Å². The van der Waals surface area contributed by atoms with E-state index in [9.17, 15) is 8.42 Å². The zero-order chi connectivity index (χ0) is 17.0. The quantitative estimate of drug-likeness (QED) is 0.778. The molecule has 4 nitrogen and oxygen atoms in total. The van der Waals surface area contributed by atoms with Gasteiger partial charge in [-0.05, 0) is 48.9 Å². The lowest BCUT2D eigenvalue weighted by atomic mass is 10.2. The first-order valence-corrected chi connectivity index (χ1v) is 9.14. The van der Waals surface area contributed by atoms with Crippen LogP contribution in [0.4, 0.5) is 0 Å². The van der Waals surface area contributed by atoms with E-state index in [1.165, 1.54) is 24.3 Å². The van der Waals surface area contributed by atoms with Gasteiger partial charge in [-0.1, -0.05) is 23.2 Å². The van der Waals surface area contributed by atoms with Crippen molar-refractivity contribution in [3.8, 4) is 5.75 Å². The van der Waals surface area contributed by atoms with Crippen LogP contribution in [0.5, 0.6) is 5.75 Å². The van der Waals surface area contributed by atoms with Gasteiger partial charge in [0.2, 0.25) is 9.84 Å². The molecule has 2 aromatic rings. The van der Waals surface area contributed by atoms with E-state index in [4.69, 9.17) is 33.0 Å². The van der Waals surface area contributed by atoms with Crippen LogP contribution >= 0.6 is 23.2 Å². The molecule has 0 aliphatic carbocycles. The smallest absolute Gasteiger partial charge is 0.208 e. The maximum Gasteiger partial charge on any atom is 0.208 e. The van der Waals surface area contributed by atoms with Gasteiger partial charge in [-0.3, -0.25) is 0 Å². The second kappa shape index (κ2) is 7.53. The second-order valence-electron chi connectivity index (χ2n) is 4.99. The number of ether oxygens (including phenoxy) is 1. The van der Waals surface area contributed by atoms with Gasteiger partial charge in [0, 0.05) is 18.1 Å². The first-order valence-electron chi connectivity index (χ1n) is 6.90. The molecule has 0 radical (unpaired) electrons. The largest absolute Gasteiger partial charge is 0.493 e. The normalized spacial score (nSPS) is 11.5. The van der Waals surface area contributed by atoms with E-state index < -0.39 is 9.84 Å². The standard InChI is InChI=1S/C16H16Cl2O4S/c1-11-7-13(22-6-2-5-19)10-14(8-11)23(20,21)16-9-12(17)3-4-15(16)18/h3-4,7-10,19H,2,5-6H2,1H3. The minimum Gasteiger partial charge on any atom is -0.493 e. The van der Waals surface area contributed by atoms with E-state index in [1.54, 1.807) is 19.1 Å². The highest BCUT2D eigenvalue weighted by atomic mass is 35.5. The van der Waals surface area contributed by atoms with Gasteiger partial charge < -0.3 is 9.84 Å². The van der Waals surface area contributed by atoms with E-state index >= 15 is 0 Å². The van der Waals surface area contributed by atoms with Gasteiger partial charge in [0.25, 0.3) is 0 Å². The topological polar surface area (TPSA) is 63.6 Å². The number of benzene rings is 2. The lowest BCUT2D eigenvalue weighted by Gasteiger charge is -2.11. The third kappa shape index (κ3) is 4.38. The average Bonchev–Trinajstić information content (AvgIpc) is 2.49. The molecule has 0 spiro atoms. The van der Waals surface area contributed by atoms with E-state index in [0.29, 0.717) is 23.8 Å². The predicted molar refractivity (Wildman–Crippen MR) is 90.3 cm³/mol. The Labute approximate surface area is 145 Å². The molecule has 0 aromatic heterocycles. The van der Waals surface area contributed by atoms with Crippen molar-refractivity contribution in [1.82, 2.24) is 0 Å². The Morgan fingerprint density at radius 2 is 1.87 bits per heavy atom. The number of hydrogen-bond acceptors (Lipinski definition) is 4. The highest BCUT2D eigenvalue weighted by Crippen LogP contribution is 2.32. The minimum absolute atomic E-state index is 0.00902. The van der Waals surface area contributed by atoms with Crippen molar-refractivity contribution in [2.75, 3.05) is 13.2 Å². The van der Waals surface area contributed by atoms with E-state index in [2.05, 4.69) is 0 Å². The predicted octanol–water partition coefficient (Wildman–Crippen LogP) is 3.90. The van der Waals surface area contributed by atoms with Crippen molar-refractivity contribution in [2.45, 2.75) is 23.1 Å². The minimum atomic E-state index is -3.81. The lowest BCUT2D eigenvalue weighted by Crippen LogP contribution is -2.05. The van der Waals surface area contributed by atoms with Crippen molar-refractivity contribution in [3.05, 3.63) is 52.0 Å². The molecule has 1 N–H and O–H groups in total. The third-order valence-corrected chi connectivity index (χ3v) is 5.54. The lowest BCUT2D eigenvalue weighted by molar-refractivity contribution is 0.233. The molecule has 0 atom stereocenters. The van der Waals surface area contributed by atoms with Crippen LogP contribution in [0.3, 0.4) is 0 Å². The fraction of sp³-hybridized carbons (Fsp3) is 0.250. The molecule has 0 aliphatic heterocycles. The Bertz CT molecular complexity index is 804. The summed E-state index contributed by atoms with van der Waals surface area (Å²) in [6.07, 6.45) is 0.468. The van der Waals surface area contributed by atoms with Crippen LogP contribution in [0.2, 0.25) is 10.0 Å². The van der Waals surface area contributed by atoms with Gasteiger partial charge >= 0.3 is 0 Å². The van der Waals surface area contributed by atoms with Crippen LogP contribution in [0.15, 0.2) is 46.2 Å². The first-order chi connectivity index (χ1) is 10.8. The molecular weight excluding hydrogens is 359 g/mol. The molecule has 0 aliphatic rings. The maximum absolute atomic E-state index is 12.8. The molecule has 0 saturated heterocycles. The number of hydrogen-bond donors (Lipinski definition) is 1. The number of aryl methyl sites for hydroxylation is 1. The van der Waals surface area contributed by atoms with Gasteiger partial charge in [-0.25, -0.2) is 8.42 Å². The van der Waals surface area contributed by atoms with Crippen LogP contribution in [-0.2, 0) is 9.84 Å². The molecule has 0 amide bonds. The Morgan fingerprint density at radius 3 is 2.57 bits per heavy atom. The van der Waals surface area contributed by atoms with Gasteiger partial charge in [0.1, 0.15) is 5.75 Å². The molecule has 0 unspecified atom stereocenters. The van der Waals surface area contributed by atoms with Crippen molar-refractivity contribution in [2.24, 2.45) is 0 Å². The molecular formula is C16H16Cl2O4S. The van der Waals surface area contributed by atoms with E-state index in [0.717, 1.165) is 5.56 Å². The second-order valence-corrected chi connectivity index (χ2v) is 7.75. The summed E-state index contributed by atoms with van der Waals surface area (Å²) in [7, 11) is -3.81.